The van der Waals surface area contributed by atoms with Crippen LogP contribution in [0.5, 0.6) is 0 Å². The summed E-state index contributed by atoms with van der Waals surface area (Å²) >= 11 is 0. The summed E-state index contributed by atoms with van der Waals surface area (Å²) in [6.45, 7) is 4.63. The van der Waals surface area contributed by atoms with Crippen LogP contribution >= 0.6 is 0 Å². The number of hydrogen-bond acceptors (Lipinski definition) is 4. The Balaban J connectivity index is 3.21. The van der Waals surface area contributed by atoms with Crippen LogP contribution in [0.2, 0.25) is 0 Å². The fourth-order valence-corrected chi connectivity index (χ4v) is 2.73. The first-order valence-corrected chi connectivity index (χ1v) is 7.77. The molecule has 0 radical (unpaired) electrons. The summed E-state index contributed by atoms with van der Waals surface area (Å²) in [5, 5.41) is 8.14. The maximum absolute atomic E-state index is 12.3. The topological polar surface area (TPSA) is 92.5 Å². The molecule has 0 aliphatic heterocycles. The van der Waals surface area contributed by atoms with Gasteiger partial charge in [-0.25, -0.2) is 13.6 Å². The van der Waals surface area contributed by atoms with E-state index in [-0.39, 0.29) is 10.8 Å². The van der Waals surface area contributed by atoms with Crippen LogP contribution in [-0.4, -0.2) is 46.4 Å². The van der Waals surface area contributed by atoms with Gasteiger partial charge < -0.3 is 10.2 Å². The molecule has 6 nitrogen and oxygen atoms in total. The summed E-state index contributed by atoms with van der Waals surface area (Å²) in [5.74, 6) is -0.228. The van der Waals surface area contributed by atoms with Crippen LogP contribution < -0.4 is 10.5 Å². The summed E-state index contributed by atoms with van der Waals surface area (Å²) < 4.78 is 23.1. The number of benzene rings is 1. The Morgan fingerprint density at radius 2 is 1.95 bits per heavy atom. The van der Waals surface area contributed by atoms with Crippen molar-refractivity contribution >= 4 is 15.9 Å². The number of nitrogens with zero attached hydrogens (tertiary/aromatic N) is 1. The third kappa shape index (κ3) is 3.78. The number of carbonyl (C=O) groups is 1. The van der Waals surface area contributed by atoms with Gasteiger partial charge in [0.1, 0.15) is 0 Å². The molecule has 7 heteroatoms. The zero-order valence-corrected chi connectivity index (χ0v) is 13.0. The highest BCUT2D eigenvalue weighted by molar-refractivity contribution is 7.89. The molecule has 0 atom stereocenters. The molecule has 1 rings (SSSR count). The molecule has 1 aromatic rings. The molecule has 0 aliphatic carbocycles. The number of nitrogens with two attached hydrogens (primary N) is 1. The molecule has 112 valence electrons. The molecule has 0 fully saturated rings. The number of rotatable bonds is 5. The second-order valence-corrected chi connectivity index (χ2v) is 6.32. The third-order valence-electron chi connectivity index (χ3n) is 3.22. The van der Waals surface area contributed by atoms with E-state index in [1.165, 1.54) is 11.0 Å². The van der Waals surface area contributed by atoms with E-state index in [0.717, 1.165) is 5.56 Å². The molecule has 0 saturated heterocycles. The molecule has 0 heterocycles. The minimum Gasteiger partial charge on any atom is -0.340 e. The van der Waals surface area contributed by atoms with E-state index in [4.69, 9.17) is 5.14 Å². The quantitative estimate of drug-likeness (QED) is 0.814. The summed E-state index contributed by atoms with van der Waals surface area (Å²) in [7, 11) is -0.367. The molecular formula is C13H21N3O3S. The second kappa shape index (κ2) is 6.34. The van der Waals surface area contributed by atoms with E-state index in [9.17, 15) is 13.2 Å². The maximum atomic E-state index is 12.3. The number of primary sulfonamides is 1. The zero-order chi connectivity index (χ0) is 15.5. The molecule has 1 aromatic carbocycles. The molecule has 0 saturated carbocycles. The molecule has 0 unspecified atom stereocenters. The minimum atomic E-state index is -3.84. The lowest BCUT2D eigenvalue weighted by Crippen LogP contribution is -2.33. The van der Waals surface area contributed by atoms with Crippen molar-refractivity contribution in [2.45, 2.75) is 18.7 Å². The van der Waals surface area contributed by atoms with Crippen LogP contribution in [0.4, 0.5) is 0 Å². The summed E-state index contributed by atoms with van der Waals surface area (Å²) in [6, 6.07) is 3.03. The average molecular weight is 299 g/mol. The Labute approximate surface area is 120 Å². The predicted octanol–water partition coefficient (Wildman–Crippen LogP) is 0.242. The van der Waals surface area contributed by atoms with E-state index < -0.39 is 10.0 Å². The van der Waals surface area contributed by atoms with E-state index in [0.29, 0.717) is 24.2 Å². The monoisotopic (exact) mass is 299 g/mol. The highest BCUT2D eigenvalue weighted by atomic mass is 32.2. The van der Waals surface area contributed by atoms with Gasteiger partial charge in [0, 0.05) is 25.7 Å². The van der Waals surface area contributed by atoms with Gasteiger partial charge in [-0.05, 0) is 44.2 Å². The SMILES string of the molecule is CNCCN(C)C(=O)c1cc(C)c(C)c(S(N)(=O)=O)c1. The van der Waals surface area contributed by atoms with Crippen molar-refractivity contribution in [3.8, 4) is 0 Å². The van der Waals surface area contributed by atoms with Gasteiger partial charge in [0.05, 0.1) is 4.90 Å². The number of likely N-dealkylation sites (N-methyl/N-ethyl adjacent to an activating group) is 2. The fourth-order valence-electron chi connectivity index (χ4n) is 1.85. The minimum absolute atomic E-state index is 0.00265. The van der Waals surface area contributed by atoms with Gasteiger partial charge in [-0.15, -0.1) is 0 Å². The van der Waals surface area contributed by atoms with E-state index >= 15 is 0 Å². The van der Waals surface area contributed by atoms with Crippen LogP contribution in [0, 0.1) is 13.8 Å². The van der Waals surface area contributed by atoms with Crippen molar-refractivity contribution in [2.24, 2.45) is 5.14 Å². The van der Waals surface area contributed by atoms with Gasteiger partial charge in [0.2, 0.25) is 10.0 Å². The molecule has 0 spiro atoms. The first-order valence-electron chi connectivity index (χ1n) is 6.22. The van der Waals surface area contributed by atoms with Crippen molar-refractivity contribution in [2.75, 3.05) is 27.2 Å². The lowest BCUT2D eigenvalue weighted by atomic mass is 10.1. The van der Waals surface area contributed by atoms with Gasteiger partial charge in [-0.3, -0.25) is 4.79 Å². The second-order valence-electron chi connectivity index (χ2n) is 4.79. The number of aryl methyl sites for hydroxylation is 1. The summed E-state index contributed by atoms with van der Waals surface area (Å²) in [6.07, 6.45) is 0. The van der Waals surface area contributed by atoms with Crippen LogP contribution in [0.3, 0.4) is 0 Å². The smallest absolute Gasteiger partial charge is 0.253 e. The van der Waals surface area contributed by atoms with E-state index in [1.807, 2.05) is 0 Å². The van der Waals surface area contributed by atoms with Crippen LogP contribution in [-0.2, 0) is 10.0 Å². The Bertz CT molecular complexity index is 612. The molecule has 0 aliphatic rings. The Morgan fingerprint density at radius 3 is 2.45 bits per heavy atom. The average Bonchev–Trinajstić information content (AvgIpc) is 2.36. The lowest BCUT2D eigenvalue weighted by molar-refractivity contribution is 0.0796. The summed E-state index contributed by atoms with van der Waals surface area (Å²) in [5.41, 5.74) is 1.62. The molecule has 0 aromatic heterocycles. The summed E-state index contributed by atoms with van der Waals surface area (Å²) in [4.78, 5) is 13.8. The van der Waals surface area contributed by atoms with Gasteiger partial charge in [-0.1, -0.05) is 0 Å². The standard InChI is InChI=1S/C13H21N3O3S/c1-9-7-11(13(17)16(4)6-5-15-3)8-12(10(9)2)20(14,18)19/h7-8,15H,5-6H2,1-4H3,(H2,14,18,19). The van der Waals surface area contributed by atoms with E-state index in [1.54, 1.807) is 34.0 Å². The van der Waals surface area contributed by atoms with Crippen molar-refractivity contribution in [1.29, 1.82) is 0 Å². The van der Waals surface area contributed by atoms with Crippen LogP contribution in [0.15, 0.2) is 17.0 Å². The Hall–Kier alpha value is -1.44. The van der Waals surface area contributed by atoms with Crippen molar-refractivity contribution in [3.05, 3.63) is 28.8 Å². The van der Waals surface area contributed by atoms with Gasteiger partial charge in [-0.2, -0.15) is 0 Å². The number of nitrogens with one attached hydrogen (secondary N) is 1. The molecule has 0 bridgehead atoms. The molecule has 1 amide bonds. The van der Waals surface area contributed by atoms with Gasteiger partial charge in [0.15, 0.2) is 0 Å². The Kier molecular flexibility index (Phi) is 5.27. The van der Waals surface area contributed by atoms with E-state index in [2.05, 4.69) is 5.32 Å². The zero-order valence-electron chi connectivity index (χ0n) is 12.2. The highest BCUT2D eigenvalue weighted by Crippen LogP contribution is 2.20. The van der Waals surface area contributed by atoms with Crippen molar-refractivity contribution in [1.82, 2.24) is 10.2 Å². The number of sulfonamides is 1. The largest absolute Gasteiger partial charge is 0.340 e. The van der Waals surface area contributed by atoms with Crippen LogP contribution in [0.1, 0.15) is 21.5 Å². The number of amides is 1. The lowest BCUT2D eigenvalue weighted by Gasteiger charge is -2.18. The van der Waals surface area contributed by atoms with Crippen LogP contribution in [0.25, 0.3) is 0 Å². The van der Waals surface area contributed by atoms with Gasteiger partial charge >= 0.3 is 0 Å². The fraction of sp³-hybridized carbons (Fsp3) is 0.462. The molecule has 3 N–H and O–H groups in total. The van der Waals surface area contributed by atoms with Crippen molar-refractivity contribution in [3.63, 3.8) is 0 Å². The normalized spacial score (nSPS) is 11.4. The number of hydrogen-bond donors (Lipinski definition) is 2. The van der Waals surface area contributed by atoms with Crippen molar-refractivity contribution < 1.29 is 13.2 Å². The Morgan fingerprint density at radius 1 is 1.35 bits per heavy atom. The van der Waals surface area contributed by atoms with Gasteiger partial charge in [0.25, 0.3) is 5.91 Å². The first-order chi connectivity index (χ1) is 9.18. The predicted molar refractivity (Wildman–Crippen MR) is 78.2 cm³/mol. The highest BCUT2D eigenvalue weighted by Gasteiger charge is 2.19. The first kappa shape index (κ1) is 16.6. The third-order valence-corrected chi connectivity index (χ3v) is 4.25. The number of carbonyl (C=O) groups excluding carboxylic acids is 1. The maximum Gasteiger partial charge on any atom is 0.253 e. The molecular weight excluding hydrogens is 278 g/mol. The molecule has 20 heavy (non-hydrogen) atoms.